The van der Waals surface area contributed by atoms with Gasteiger partial charge in [0.15, 0.2) is 6.10 Å². The molecule has 3 aromatic rings. The van der Waals surface area contributed by atoms with E-state index in [0.29, 0.717) is 11.1 Å². The first-order chi connectivity index (χ1) is 14.8. The maximum atomic E-state index is 12.2. The molecule has 0 fully saturated rings. The highest BCUT2D eigenvalue weighted by atomic mass is 16.6. The number of nitro groups is 1. The molecule has 1 amide bonds. The number of nitrogens with zero attached hydrogens (tertiary/aromatic N) is 3. The van der Waals surface area contributed by atoms with Gasteiger partial charge in [-0.3, -0.25) is 19.7 Å². The van der Waals surface area contributed by atoms with Crippen LogP contribution in [0.5, 0.6) is 0 Å². The number of nitro benzene ring substituents is 1. The SMILES string of the molecule is Cc1ccccc1C(=O)NCCC(=O)OC(C)c1nnc(-c2ccc([N+](=O)[O-])cc2)o1. The Hall–Kier alpha value is -4.08. The fourth-order valence-electron chi connectivity index (χ4n) is 2.75. The average molecular weight is 424 g/mol. The zero-order chi connectivity index (χ0) is 22.4. The molecule has 1 N–H and O–H groups in total. The molecule has 0 aliphatic heterocycles. The second-order valence-corrected chi connectivity index (χ2v) is 6.70. The van der Waals surface area contributed by atoms with Gasteiger partial charge in [0.05, 0.1) is 11.3 Å². The van der Waals surface area contributed by atoms with Crippen LogP contribution in [0.4, 0.5) is 5.69 Å². The molecular formula is C21H20N4O6. The third-order valence-corrected chi connectivity index (χ3v) is 4.43. The molecule has 0 saturated heterocycles. The molecule has 10 nitrogen and oxygen atoms in total. The molecule has 0 spiro atoms. The second-order valence-electron chi connectivity index (χ2n) is 6.70. The Kier molecular flexibility index (Phi) is 6.71. The van der Waals surface area contributed by atoms with Crippen LogP contribution in [0.1, 0.15) is 41.3 Å². The summed E-state index contributed by atoms with van der Waals surface area (Å²) < 4.78 is 10.8. The number of nitrogens with one attached hydrogen (secondary N) is 1. The van der Waals surface area contributed by atoms with Crippen molar-refractivity contribution in [3.63, 3.8) is 0 Å². The summed E-state index contributed by atoms with van der Waals surface area (Å²) in [6, 6.07) is 12.8. The number of carbonyl (C=O) groups excluding carboxylic acids is 2. The van der Waals surface area contributed by atoms with Crippen LogP contribution in [-0.4, -0.2) is 33.5 Å². The molecule has 10 heteroatoms. The summed E-state index contributed by atoms with van der Waals surface area (Å²) in [5.74, 6) is -0.555. The van der Waals surface area contributed by atoms with Crippen molar-refractivity contribution in [2.45, 2.75) is 26.4 Å². The van der Waals surface area contributed by atoms with Crippen LogP contribution in [0.2, 0.25) is 0 Å². The summed E-state index contributed by atoms with van der Waals surface area (Å²) in [5.41, 5.74) is 1.84. The van der Waals surface area contributed by atoms with E-state index >= 15 is 0 Å². The summed E-state index contributed by atoms with van der Waals surface area (Å²) in [5, 5.41) is 21.2. The van der Waals surface area contributed by atoms with Gasteiger partial charge < -0.3 is 14.5 Å². The van der Waals surface area contributed by atoms with E-state index in [2.05, 4.69) is 15.5 Å². The maximum Gasteiger partial charge on any atom is 0.308 e. The highest BCUT2D eigenvalue weighted by Gasteiger charge is 2.19. The Bertz CT molecular complexity index is 1090. The van der Waals surface area contributed by atoms with E-state index in [9.17, 15) is 19.7 Å². The van der Waals surface area contributed by atoms with Gasteiger partial charge in [0, 0.05) is 29.8 Å². The first kappa shape index (κ1) is 21.6. The molecule has 1 unspecified atom stereocenters. The summed E-state index contributed by atoms with van der Waals surface area (Å²) >= 11 is 0. The van der Waals surface area contributed by atoms with E-state index in [-0.39, 0.29) is 36.3 Å². The molecule has 3 rings (SSSR count). The molecule has 2 aromatic carbocycles. The Balaban J connectivity index is 1.50. The third-order valence-electron chi connectivity index (χ3n) is 4.43. The normalized spacial score (nSPS) is 11.5. The zero-order valence-corrected chi connectivity index (χ0v) is 16.9. The lowest BCUT2D eigenvalue weighted by Crippen LogP contribution is -2.27. The standard InChI is InChI=1S/C21H20N4O6/c1-13-5-3-4-6-17(13)19(27)22-12-11-18(26)30-14(2)20-23-24-21(31-20)15-7-9-16(10-8-15)25(28)29/h3-10,14H,11-12H2,1-2H3,(H,22,27). The number of aromatic nitrogens is 2. The Labute approximate surface area is 177 Å². The van der Waals surface area contributed by atoms with Crippen LogP contribution in [-0.2, 0) is 9.53 Å². The van der Waals surface area contributed by atoms with E-state index in [1.807, 2.05) is 19.1 Å². The van der Waals surface area contributed by atoms with Crippen LogP contribution in [0.25, 0.3) is 11.5 Å². The number of hydrogen-bond donors (Lipinski definition) is 1. The Morgan fingerprint density at radius 3 is 2.55 bits per heavy atom. The van der Waals surface area contributed by atoms with Crippen LogP contribution >= 0.6 is 0 Å². The Morgan fingerprint density at radius 2 is 1.87 bits per heavy atom. The minimum Gasteiger partial charge on any atom is -0.453 e. The van der Waals surface area contributed by atoms with E-state index in [1.165, 1.54) is 24.3 Å². The highest BCUT2D eigenvalue weighted by molar-refractivity contribution is 5.95. The molecule has 31 heavy (non-hydrogen) atoms. The summed E-state index contributed by atoms with van der Waals surface area (Å²) in [4.78, 5) is 34.4. The molecular weight excluding hydrogens is 404 g/mol. The number of hydrogen-bond acceptors (Lipinski definition) is 8. The molecule has 0 aliphatic carbocycles. The van der Waals surface area contributed by atoms with Crippen molar-refractivity contribution in [2.24, 2.45) is 0 Å². The quantitative estimate of drug-likeness (QED) is 0.330. The lowest BCUT2D eigenvalue weighted by Gasteiger charge is -2.10. The van der Waals surface area contributed by atoms with E-state index < -0.39 is 17.0 Å². The van der Waals surface area contributed by atoms with Crippen molar-refractivity contribution < 1.29 is 23.7 Å². The summed E-state index contributed by atoms with van der Waals surface area (Å²) in [7, 11) is 0. The van der Waals surface area contributed by atoms with Gasteiger partial charge in [0.25, 0.3) is 17.5 Å². The number of ether oxygens (including phenoxy) is 1. The van der Waals surface area contributed by atoms with Crippen molar-refractivity contribution in [2.75, 3.05) is 6.54 Å². The van der Waals surface area contributed by atoms with E-state index in [0.717, 1.165) is 5.56 Å². The third kappa shape index (κ3) is 5.50. The van der Waals surface area contributed by atoms with Crippen LogP contribution in [0, 0.1) is 17.0 Å². The number of benzene rings is 2. The highest BCUT2D eigenvalue weighted by Crippen LogP contribution is 2.24. The monoisotopic (exact) mass is 424 g/mol. The van der Waals surface area contributed by atoms with Gasteiger partial charge in [-0.1, -0.05) is 18.2 Å². The van der Waals surface area contributed by atoms with Crippen molar-refractivity contribution in [1.29, 1.82) is 0 Å². The van der Waals surface area contributed by atoms with Gasteiger partial charge in [-0.05, 0) is 37.6 Å². The first-order valence-electron chi connectivity index (χ1n) is 9.46. The lowest BCUT2D eigenvalue weighted by atomic mass is 10.1. The van der Waals surface area contributed by atoms with Gasteiger partial charge in [0.2, 0.25) is 5.89 Å². The smallest absolute Gasteiger partial charge is 0.308 e. The second kappa shape index (κ2) is 9.61. The topological polar surface area (TPSA) is 137 Å². The van der Waals surface area contributed by atoms with E-state index in [1.54, 1.807) is 19.1 Å². The largest absolute Gasteiger partial charge is 0.453 e. The Morgan fingerprint density at radius 1 is 1.16 bits per heavy atom. The van der Waals surface area contributed by atoms with Crippen molar-refractivity contribution in [1.82, 2.24) is 15.5 Å². The molecule has 0 aliphatic rings. The molecule has 0 bridgehead atoms. The van der Waals surface area contributed by atoms with Gasteiger partial charge in [-0.15, -0.1) is 10.2 Å². The molecule has 1 atom stereocenters. The number of non-ortho nitro benzene ring substituents is 1. The molecule has 1 aromatic heterocycles. The summed E-state index contributed by atoms with van der Waals surface area (Å²) in [6.45, 7) is 3.54. The molecule has 160 valence electrons. The predicted molar refractivity (Wildman–Crippen MR) is 109 cm³/mol. The number of esters is 1. The number of aryl methyl sites for hydroxylation is 1. The van der Waals surface area contributed by atoms with Gasteiger partial charge in [0.1, 0.15) is 0 Å². The van der Waals surface area contributed by atoms with Gasteiger partial charge in [-0.25, -0.2) is 0 Å². The van der Waals surface area contributed by atoms with Crippen LogP contribution in [0.15, 0.2) is 52.9 Å². The lowest BCUT2D eigenvalue weighted by molar-refractivity contribution is -0.384. The first-order valence-corrected chi connectivity index (χ1v) is 9.46. The molecule has 0 radical (unpaired) electrons. The molecule has 1 heterocycles. The summed E-state index contributed by atoms with van der Waals surface area (Å²) in [6.07, 6.45) is -0.815. The predicted octanol–water partition coefficient (Wildman–Crippen LogP) is 3.38. The average Bonchev–Trinajstić information content (AvgIpc) is 3.24. The number of carbonyl (C=O) groups is 2. The van der Waals surface area contributed by atoms with Crippen LogP contribution < -0.4 is 5.32 Å². The number of rotatable bonds is 8. The van der Waals surface area contributed by atoms with Crippen molar-refractivity contribution in [3.8, 4) is 11.5 Å². The minimum atomic E-state index is -0.793. The maximum absolute atomic E-state index is 12.2. The van der Waals surface area contributed by atoms with Crippen LogP contribution in [0.3, 0.4) is 0 Å². The fraction of sp³-hybridized carbons (Fsp3) is 0.238. The van der Waals surface area contributed by atoms with E-state index in [4.69, 9.17) is 9.15 Å². The minimum absolute atomic E-state index is 0.0225. The number of amides is 1. The van der Waals surface area contributed by atoms with Gasteiger partial charge in [-0.2, -0.15) is 0 Å². The molecule has 0 saturated carbocycles. The van der Waals surface area contributed by atoms with Crippen molar-refractivity contribution in [3.05, 3.63) is 75.7 Å². The van der Waals surface area contributed by atoms with Gasteiger partial charge >= 0.3 is 5.97 Å². The fourth-order valence-corrected chi connectivity index (χ4v) is 2.75. The zero-order valence-electron chi connectivity index (χ0n) is 16.9. The van der Waals surface area contributed by atoms with Crippen molar-refractivity contribution >= 4 is 17.6 Å².